The number of allylic oxidation sites excluding steroid dienone is 4. The van der Waals surface area contributed by atoms with Gasteiger partial charge in [0.15, 0.2) is 0 Å². The van der Waals surface area contributed by atoms with Gasteiger partial charge in [0, 0.05) is 6.42 Å². The van der Waals surface area contributed by atoms with E-state index in [0.717, 1.165) is 19.3 Å². The van der Waals surface area contributed by atoms with Crippen molar-refractivity contribution in [2.24, 2.45) is 4.52 Å². The van der Waals surface area contributed by atoms with Crippen LogP contribution in [0.4, 0.5) is 0 Å². The zero-order valence-electron chi connectivity index (χ0n) is 18.8. The Kier molecular flexibility index (Phi) is 25.1. The molecule has 0 aliphatic rings. The monoisotopic (exact) mass is 441 g/mol. The molecule has 0 saturated heterocycles. The van der Waals surface area contributed by atoms with Gasteiger partial charge in [0.05, 0.1) is 0 Å². The Balaban J connectivity index is 3.18. The Bertz CT molecular complexity index is 437. The van der Waals surface area contributed by atoms with Gasteiger partial charge < -0.3 is 4.52 Å². The summed E-state index contributed by atoms with van der Waals surface area (Å²) in [6.07, 6.45) is 31.6. The molecule has 0 aromatic heterocycles. The van der Waals surface area contributed by atoms with Crippen molar-refractivity contribution in [2.75, 3.05) is 0 Å². The van der Waals surface area contributed by atoms with Crippen molar-refractivity contribution in [3.05, 3.63) is 24.3 Å². The van der Waals surface area contributed by atoms with Crippen LogP contribution in [0.1, 0.15) is 122 Å². The molecule has 0 aliphatic carbocycles. The first kappa shape index (κ1) is 28.5. The van der Waals surface area contributed by atoms with E-state index >= 15 is 0 Å². The molecule has 1 atom stereocenters. The minimum Gasteiger partial charge on any atom is -0.389 e. The number of carbonyl (C=O) groups excluding carboxylic acids is 1. The summed E-state index contributed by atoms with van der Waals surface area (Å²) in [5.41, 5.74) is 0. The van der Waals surface area contributed by atoms with Gasteiger partial charge in [-0.15, -0.1) is 0 Å². The summed E-state index contributed by atoms with van der Waals surface area (Å²) < 4.78 is 8.53. The maximum atomic E-state index is 11.3. The third kappa shape index (κ3) is 25.4. The molecule has 29 heavy (non-hydrogen) atoms. The van der Waals surface area contributed by atoms with Crippen LogP contribution in [0.15, 0.2) is 28.8 Å². The van der Waals surface area contributed by atoms with Gasteiger partial charge in [-0.2, -0.15) is 0 Å². The molecule has 0 aromatic carbocycles. The SMILES string of the molecule is CCCCC/C=C\C/C=C\CCCCCCCCCCCCCC(=O)OP=NP. The first-order valence-electron chi connectivity index (χ1n) is 11.9. The Hall–Kier alpha value is -0.520. The van der Waals surface area contributed by atoms with Crippen molar-refractivity contribution in [3.8, 4) is 0 Å². The topological polar surface area (TPSA) is 38.7 Å². The highest BCUT2D eigenvalue weighted by Crippen LogP contribution is 2.14. The normalized spacial score (nSPS) is 11.9. The predicted octanol–water partition coefficient (Wildman–Crippen LogP) is 9.52. The molecule has 5 heteroatoms. The number of rotatable bonds is 21. The lowest BCUT2D eigenvalue weighted by Crippen LogP contribution is -1.95. The van der Waals surface area contributed by atoms with E-state index in [4.69, 9.17) is 4.52 Å². The third-order valence-electron chi connectivity index (χ3n) is 5.02. The molecule has 0 radical (unpaired) electrons. The predicted molar refractivity (Wildman–Crippen MR) is 132 cm³/mol. The molecule has 0 rings (SSSR count). The highest BCUT2D eigenvalue weighted by atomic mass is 31.1. The van der Waals surface area contributed by atoms with Crippen LogP contribution in [-0.4, -0.2) is 5.97 Å². The summed E-state index contributed by atoms with van der Waals surface area (Å²) in [5.74, 6) is -0.136. The minimum atomic E-state index is -0.136. The summed E-state index contributed by atoms with van der Waals surface area (Å²) in [4.78, 5) is 11.3. The Morgan fingerprint density at radius 2 is 1.24 bits per heavy atom. The summed E-state index contributed by atoms with van der Waals surface area (Å²) in [5, 5.41) is 0. The summed E-state index contributed by atoms with van der Waals surface area (Å²) in [7, 11) is 2.58. The second kappa shape index (κ2) is 25.5. The number of hydrogen-bond donors (Lipinski definition) is 0. The zero-order chi connectivity index (χ0) is 21.3. The van der Waals surface area contributed by atoms with E-state index in [1.54, 1.807) is 0 Å². The van der Waals surface area contributed by atoms with Crippen LogP contribution in [0.3, 0.4) is 0 Å². The van der Waals surface area contributed by atoms with Crippen molar-refractivity contribution in [2.45, 2.75) is 122 Å². The molecule has 0 N–H and O–H groups in total. The molecule has 0 aromatic rings. The summed E-state index contributed by atoms with van der Waals surface area (Å²) >= 11 is 0. The van der Waals surface area contributed by atoms with Crippen molar-refractivity contribution in [1.29, 1.82) is 0 Å². The van der Waals surface area contributed by atoms with Crippen LogP contribution in [0, 0.1) is 0 Å². The molecule has 3 nitrogen and oxygen atoms in total. The molecule has 0 aliphatic heterocycles. The van der Waals surface area contributed by atoms with Gasteiger partial charge in [-0.25, -0.2) is 4.52 Å². The highest BCUT2D eigenvalue weighted by molar-refractivity contribution is 7.31. The van der Waals surface area contributed by atoms with Crippen LogP contribution >= 0.6 is 18.0 Å². The lowest BCUT2D eigenvalue weighted by atomic mass is 10.0. The van der Waals surface area contributed by atoms with E-state index < -0.39 is 0 Å². The first-order chi connectivity index (χ1) is 14.3. The van der Waals surface area contributed by atoms with Gasteiger partial charge in [0.1, 0.15) is 0 Å². The molecule has 0 spiro atoms. The number of hydrogen-bond acceptors (Lipinski definition) is 3. The van der Waals surface area contributed by atoms with Gasteiger partial charge in [-0.05, 0) is 47.9 Å². The van der Waals surface area contributed by atoms with E-state index in [9.17, 15) is 4.79 Å². The molecular formula is C24H45NO2P2. The maximum absolute atomic E-state index is 11.3. The Labute approximate surface area is 184 Å². The van der Waals surface area contributed by atoms with Crippen molar-refractivity contribution in [3.63, 3.8) is 0 Å². The van der Waals surface area contributed by atoms with Crippen molar-refractivity contribution >= 4 is 24.0 Å². The molecule has 0 heterocycles. The van der Waals surface area contributed by atoms with Crippen LogP contribution in [-0.2, 0) is 9.32 Å². The quantitative estimate of drug-likeness (QED) is 0.101. The third-order valence-corrected chi connectivity index (χ3v) is 5.68. The second-order valence-electron chi connectivity index (χ2n) is 7.76. The number of nitrogens with zero attached hydrogens (tertiary/aromatic N) is 1. The van der Waals surface area contributed by atoms with Gasteiger partial charge >= 0.3 is 5.97 Å². The fourth-order valence-corrected chi connectivity index (χ4v) is 3.63. The minimum absolute atomic E-state index is 0.136. The average Bonchev–Trinajstić information content (AvgIpc) is 2.73. The van der Waals surface area contributed by atoms with Gasteiger partial charge in [-0.1, -0.05) is 102 Å². The lowest BCUT2D eigenvalue weighted by molar-refractivity contribution is -0.133. The largest absolute Gasteiger partial charge is 0.389 e. The molecule has 1 unspecified atom stereocenters. The van der Waals surface area contributed by atoms with E-state index in [-0.39, 0.29) is 5.97 Å². The molecule has 0 saturated carbocycles. The van der Waals surface area contributed by atoms with E-state index in [2.05, 4.69) is 45.1 Å². The van der Waals surface area contributed by atoms with Crippen molar-refractivity contribution in [1.82, 2.24) is 0 Å². The standard InChI is InChI=1S/C24H45NO2P2/c1-2-3-4-5-6-7-8-9-10-11-12-13-14-15-16-17-18-19-20-21-22-23-24(26)27-29-25-28/h6-7,9-10H,2-5,8,11-23,28H2,1H3/b7-6-,10-9-. The smallest absolute Gasteiger partial charge is 0.315 e. The lowest BCUT2D eigenvalue weighted by Gasteiger charge is -2.02. The molecule has 168 valence electrons. The molecular weight excluding hydrogens is 396 g/mol. The maximum Gasteiger partial charge on any atom is 0.315 e. The second-order valence-corrected chi connectivity index (χ2v) is 9.03. The van der Waals surface area contributed by atoms with Crippen LogP contribution in [0.25, 0.3) is 0 Å². The summed E-state index contributed by atoms with van der Waals surface area (Å²) in [6.45, 7) is 2.25. The number of carbonyl (C=O) groups is 1. The number of unbranched alkanes of at least 4 members (excludes halogenated alkanes) is 14. The molecule has 0 bridgehead atoms. The van der Waals surface area contributed by atoms with Gasteiger partial charge in [-0.3, -0.25) is 4.79 Å². The fourth-order valence-electron chi connectivity index (χ4n) is 3.26. The van der Waals surface area contributed by atoms with E-state index in [0.29, 0.717) is 15.0 Å². The van der Waals surface area contributed by atoms with E-state index in [1.807, 2.05) is 0 Å². The first-order valence-corrected chi connectivity index (χ1v) is 13.2. The molecule has 0 amide bonds. The van der Waals surface area contributed by atoms with Crippen LogP contribution < -0.4 is 0 Å². The summed E-state index contributed by atoms with van der Waals surface area (Å²) in [6, 6.07) is 0. The fraction of sp³-hybridized carbons (Fsp3) is 0.792. The average molecular weight is 442 g/mol. The Morgan fingerprint density at radius 3 is 1.76 bits per heavy atom. The molecule has 0 fully saturated rings. The van der Waals surface area contributed by atoms with Crippen molar-refractivity contribution < 1.29 is 9.32 Å². The zero-order valence-corrected chi connectivity index (χ0v) is 20.9. The van der Waals surface area contributed by atoms with Gasteiger partial charge in [0.25, 0.3) is 0 Å². The highest BCUT2D eigenvalue weighted by Gasteiger charge is 2.01. The van der Waals surface area contributed by atoms with Crippen LogP contribution in [0.5, 0.6) is 0 Å². The van der Waals surface area contributed by atoms with Gasteiger partial charge in [0.2, 0.25) is 8.60 Å². The Morgan fingerprint density at radius 1 is 0.759 bits per heavy atom. The van der Waals surface area contributed by atoms with Crippen LogP contribution in [0.2, 0.25) is 0 Å². The van der Waals surface area contributed by atoms with E-state index in [1.165, 1.54) is 89.9 Å².